The minimum atomic E-state index is 0.164. The van der Waals surface area contributed by atoms with Crippen LogP contribution in [0.25, 0.3) is 0 Å². The zero-order valence-electron chi connectivity index (χ0n) is 8.20. The Labute approximate surface area is 87.7 Å². The Morgan fingerprint density at radius 3 is 3.07 bits per heavy atom. The lowest BCUT2D eigenvalue weighted by Crippen LogP contribution is -2.33. The molecule has 1 aromatic heterocycles. The predicted octanol–water partition coefficient (Wildman–Crippen LogP) is 1.47. The molecule has 0 saturated heterocycles. The Morgan fingerprint density at radius 1 is 1.27 bits per heavy atom. The summed E-state index contributed by atoms with van der Waals surface area (Å²) in [5, 5.41) is 6.67. The van der Waals surface area contributed by atoms with Crippen molar-refractivity contribution >= 4 is 5.69 Å². The molecule has 3 N–H and O–H groups in total. The number of aromatic amines is 1. The summed E-state index contributed by atoms with van der Waals surface area (Å²) < 4.78 is 0. The number of H-pyrrole nitrogens is 1. The Kier molecular flexibility index (Phi) is 1.93. The first-order chi connectivity index (χ1) is 7.45. The van der Waals surface area contributed by atoms with Gasteiger partial charge in [0, 0.05) is 18.1 Å². The number of rotatable bonds is 1. The summed E-state index contributed by atoms with van der Waals surface area (Å²) in [6.45, 7) is 0.766. The third kappa shape index (κ3) is 1.39. The highest BCUT2D eigenvalue weighted by atomic mass is 15.1. The van der Waals surface area contributed by atoms with Crippen LogP contribution in [0.15, 0.2) is 36.7 Å². The van der Waals surface area contributed by atoms with Crippen molar-refractivity contribution in [2.45, 2.75) is 6.04 Å². The third-order valence-electron chi connectivity index (χ3n) is 2.65. The van der Waals surface area contributed by atoms with E-state index in [9.17, 15) is 0 Å². The van der Waals surface area contributed by atoms with Crippen LogP contribution in [0.1, 0.15) is 17.4 Å². The standard InChI is InChI=1S/C11H12N4/c1-2-4-9-8(3-1)10(15-7-14-9)11-12-5-6-13-11/h1-6,10,14-15H,7H2,(H,12,13). The van der Waals surface area contributed by atoms with Gasteiger partial charge in [-0.15, -0.1) is 0 Å². The average molecular weight is 200 g/mol. The van der Waals surface area contributed by atoms with Crippen LogP contribution in [0, 0.1) is 0 Å². The molecule has 3 rings (SSSR count). The molecule has 0 fully saturated rings. The van der Waals surface area contributed by atoms with Gasteiger partial charge in [0.15, 0.2) is 0 Å². The molecule has 0 aliphatic carbocycles. The lowest BCUT2D eigenvalue weighted by atomic mass is 10.0. The highest BCUT2D eigenvalue weighted by Crippen LogP contribution is 2.28. The van der Waals surface area contributed by atoms with E-state index in [4.69, 9.17) is 0 Å². The maximum absolute atomic E-state index is 4.29. The molecule has 0 amide bonds. The molecule has 4 heteroatoms. The number of anilines is 1. The zero-order chi connectivity index (χ0) is 10.1. The normalized spacial score (nSPS) is 19.3. The molecule has 2 aromatic rings. The molecule has 1 atom stereocenters. The smallest absolute Gasteiger partial charge is 0.127 e. The molecule has 0 bridgehead atoms. The Morgan fingerprint density at radius 2 is 2.20 bits per heavy atom. The van der Waals surface area contributed by atoms with E-state index in [1.165, 1.54) is 11.3 Å². The molecule has 4 nitrogen and oxygen atoms in total. The largest absolute Gasteiger partial charge is 0.372 e. The molecule has 0 radical (unpaired) electrons. The van der Waals surface area contributed by atoms with Crippen LogP contribution in [-0.4, -0.2) is 16.6 Å². The lowest BCUT2D eigenvalue weighted by Gasteiger charge is -2.26. The Balaban J connectivity index is 2.06. The number of benzene rings is 1. The van der Waals surface area contributed by atoms with Gasteiger partial charge in [-0.1, -0.05) is 18.2 Å². The van der Waals surface area contributed by atoms with Gasteiger partial charge in [0.05, 0.1) is 12.7 Å². The second-order valence-electron chi connectivity index (χ2n) is 3.55. The summed E-state index contributed by atoms with van der Waals surface area (Å²) in [6, 6.07) is 8.45. The first-order valence-corrected chi connectivity index (χ1v) is 5.00. The summed E-state index contributed by atoms with van der Waals surface area (Å²) in [7, 11) is 0. The van der Waals surface area contributed by atoms with Crippen molar-refractivity contribution < 1.29 is 0 Å². The number of hydrogen-bond acceptors (Lipinski definition) is 3. The van der Waals surface area contributed by atoms with Gasteiger partial charge in [-0.25, -0.2) is 4.98 Å². The van der Waals surface area contributed by atoms with Gasteiger partial charge in [-0.05, 0) is 11.6 Å². The Bertz CT molecular complexity index is 449. The minimum absolute atomic E-state index is 0.164. The minimum Gasteiger partial charge on any atom is -0.372 e. The summed E-state index contributed by atoms with van der Waals surface area (Å²) in [4.78, 5) is 7.44. The fourth-order valence-electron chi connectivity index (χ4n) is 1.95. The molecule has 1 aromatic carbocycles. The molecule has 0 saturated carbocycles. The first-order valence-electron chi connectivity index (χ1n) is 5.00. The van der Waals surface area contributed by atoms with Crippen LogP contribution in [-0.2, 0) is 0 Å². The van der Waals surface area contributed by atoms with Crippen LogP contribution in [0.4, 0.5) is 5.69 Å². The first kappa shape index (κ1) is 8.49. The maximum Gasteiger partial charge on any atom is 0.127 e. The van der Waals surface area contributed by atoms with Crippen molar-refractivity contribution in [3.63, 3.8) is 0 Å². The average Bonchev–Trinajstić information content (AvgIpc) is 2.82. The zero-order valence-corrected chi connectivity index (χ0v) is 8.20. The molecule has 76 valence electrons. The summed E-state index contributed by atoms with van der Waals surface area (Å²) in [6.07, 6.45) is 3.63. The van der Waals surface area contributed by atoms with E-state index in [1.807, 2.05) is 18.3 Å². The van der Waals surface area contributed by atoms with Gasteiger partial charge in [0.2, 0.25) is 0 Å². The van der Waals surface area contributed by atoms with Gasteiger partial charge in [0.25, 0.3) is 0 Å². The summed E-state index contributed by atoms with van der Waals surface area (Å²) >= 11 is 0. The van der Waals surface area contributed by atoms with Crippen LogP contribution in [0.5, 0.6) is 0 Å². The van der Waals surface area contributed by atoms with Gasteiger partial charge in [-0.3, -0.25) is 5.32 Å². The van der Waals surface area contributed by atoms with Crippen LogP contribution in [0.3, 0.4) is 0 Å². The number of imidazole rings is 1. The molecule has 1 aliphatic rings. The predicted molar refractivity (Wildman–Crippen MR) is 58.5 cm³/mol. The van der Waals surface area contributed by atoms with Gasteiger partial charge in [0.1, 0.15) is 5.82 Å². The number of hydrogen-bond donors (Lipinski definition) is 3. The fraction of sp³-hybridized carbons (Fsp3) is 0.182. The molecule has 1 unspecified atom stereocenters. The van der Waals surface area contributed by atoms with Crippen LogP contribution in [0.2, 0.25) is 0 Å². The van der Waals surface area contributed by atoms with Crippen molar-refractivity contribution in [1.82, 2.24) is 15.3 Å². The SMILES string of the molecule is c1ccc2c(c1)NCNC2c1ncc[nH]1. The quantitative estimate of drug-likeness (QED) is 0.653. The summed E-state index contributed by atoms with van der Waals surface area (Å²) in [5.74, 6) is 0.962. The van der Waals surface area contributed by atoms with Gasteiger partial charge < -0.3 is 10.3 Å². The number of nitrogens with zero attached hydrogens (tertiary/aromatic N) is 1. The van der Waals surface area contributed by atoms with E-state index in [0.717, 1.165) is 12.5 Å². The van der Waals surface area contributed by atoms with Crippen molar-refractivity contribution in [3.8, 4) is 0 Å². The fourth-order valence-corrected chi connectivity index (χ4v) is 1.95. The van der Waals surface area contributed by atoms with Crippen molar-refractivity contribution in [1.29, 1.82) is 0 Å². The topological polar surface area (TPSA) is 52.7 Å². The second kappa shape index (κ2) is 3.40. The molecule has 2 heterocycles. The monoisotopic (exact) mass is 200 g/mol. The van der Waals surface area contributed by atoms with E-state index in [2.05, 4.69) is 32.7 Å². The van der Waals surface area contributed by atoms with E-state index >= 15 is 0 Å². The van der Waals surface area contributed by atoms with E-state index in [-0.39, 0.29) is 6.04 Å². The highest BCUT2D eigenvalue weighted by Gasteiger charge is 2.21. The molecule has 1 aliphatic heterocycles. The van der Waals surface area contributed by atoms with E-state index < -0.39 is 0 Å². The molecular formula is C11H12N4. The number of nitrogens with one attached hydrogen (secondary N) is 3. The van der Waals surface area contributed by atoms with Crippen molar-refractivity contribution in [2.24, 2.45) is 0 Å². The number of para-hydroxylation sites is 1. The number of fused-ring (bicyclic) bond motifs is 1. The van der Waals surface area contributed by atoms with Gasteiger partial charge in [-0.2, -0.15) is 0 Å². The van der Waals surface area contributed by atoms with E-state index in [0.29, 0.717) is 0 Å². The maximum atomic E-state index is 4.29. The van der Waals surface area contributed by atoms with Crippen LogP contribution < -0.4 is 10.6 Å². The molecular weight excluding hydrogens is 188 g/mol. The third-order valence-corrected chi connectivity index (χ3v) is 2.65. The molecule has 15 heavy (non-hydrogen) atoms. The Hall–Kier alpha value is -1.81. The van der Waals surface area contributed by atoms with Crippen molar-refractivity contribution in [3.05, 3.63) is 48.0 Å². The lowest BCUT2D eigenvalue weighted by molar-refractivity contribution is 0.590. The van der Waals surface area contributed by atoms with Crippen molar-refractivity contribution in [2.75, 3.05) is 12.0 Å². The second-order valence-corrected chi connectivity index (χ2v) is 3.55. The molecule has 0 spiro atoms. The summed E-state index contributed by atoms with van der Waals surface area (Å²) in [5.41, 5.74) is 2.41. The van der Waals surface area contributed by atoms with Gasteiger partial charge >= 0.3 is 0 Å². The number of aromatic nitrogens is 2. The highest BCUT2D eigenvalue weighted by molar-refractivity contribution is 5.55. The van der Waals surface area contributed by atoms with Crippen LogP contribution >= 0.6 is 0 Å². The van der Waals surface area contributed by atoms with E-state index in [1.54, 1.807) is 6.20 Å².